The normalized spacial score (nSPS) is 23.3. The molecule has 1 fully saturated rings. The lowest BCUT2D eigenvalue weighted by molar-refractivity contribution is -0.126. The molecule has 0 aliphatic carbocycles. The maximum absolute atomic E-state index is 11.0. The van der Waals surface area contributed by atoms with Crippen molar-refractivity contribution in [1.29, 1.82) is 0 Å². The Bertz CT molecular complexity index is 195. The van der Waals surface area contributed by atoms with E-state index in [0.717, 1.165) is 12.8 Å². The summed E-state index contributed by atoms with van der Waals surface area (Å²) in [5.74, 6) is 1.74. The zero-order valence-corrected chi connectivity index (χ0v) is 6.29. The lowest BCUT2D eigenvalue weighted by Gasteiger charge is -2.19. The summed E-state index contributed by atoms with van der Waals surface area (Å²) in [5.41, 5.74) is 0. The highest BCUT2D eigenvalue weighted by molar-refractivity contribution is 5.93. The van der Waals surface area contributed by atoms with Gasteiger partial charge in [0.1, 0.15) is 0 Å². The lowest BCUT2D eigenvalue weighted by atomic mass is 10.2. The van der Waals surface area contributed by atoms with Crippen molar-refractivity contribution in [3.8, 4) is 12.3 Å². The molecule has 3 nitrogen and oxygen atoms in total. The van der Waals surface area contributed by atoms with Gasteiger partial charge in [0.25, 0.3) is 5.91 Å². The number of nitrogens with zero attached hydrogens (tertiary/aromatic N) is 1. The first kappa shape index (κ1) is 8.09. The van der Waals surface area contributed by atoms with Gasteiger partial charge in [-0.2, -0.15) is 0 Å². The van der Waals surface area contributed by atoms with E-state index in [1.165, 1.54) is 0 Å². The Balaban J connectivity index is 2.58. The molecule has 0 radical (unpaired) electrons. The largest absolute Gasteiger partial charge is 0.394 e. The molecule has 3 heteroatoms. The zero-order chi connectivity index (χ0) is 8.27. The van der Waals surface area contributed by atoms with Crippen LogP contribution in [0.5, 0.6) is 0 Å². The number of hydrogen-bond acceptors (Lipinski definition) is 2. The van der Waals surface area contributed by atoms with E-state index in [1.807, 2.05) is 5.92 Å². The van der Waals surface area contributed by atoms with E-state index < -0.39 is 0 Å². The van der Waals surface area contributed by atoms with Crippen molar-refractivity contribution in [2.24, 2.45) is 0 Å². The summed E-state index contributed by atoms with van der Waals surface area (Å²) in [4.78, 5) is 12.5. The Morgan fingerprint density at radius 2 is 2.55 bits per heavy atom. The van der Waals surface area contributed by atoms with Crippen LogP contribution in [-0.2, 0) is 4.79 Å². The molecule has 0 unspecified atom stereocenters. The van der Waals surface area contributed by atoms with Gasteiger partial charge in [-0.1, -0.05) is 0 Å². The fourth-order valence-corrected chi connectivity index (χ4v) is 1.38. The highest BCUT2D eigenvalue weighted by atomic mass is 16.3. The second-order valence-corrected chi connectivity index (χ2v) is 2.62. The van der Waals surface area contributed by atoms with Gasteiger partial charge in [-0.05, 0) is 18.8 Å². The molecule has 0 aromatic rings. The second-order valence-electron chi connectivity index (χ2n) is 2.62. The van der Waals surface area contributed by atoms with E-state index in [9.17, 15) is 4.79 Å². The van der Waals surface area contributed by atoms with E-state index >= 15 is 0 Å². The summed E-state index contributed by atoms with van der Waals surface area (Å²) in [5, 5.41) is 8.82. The molecule has 1 aliphatic heterocycles. The van der Waals surface area contributed by atoms with Gasteiger partial charge in [0.05, 0.1) is 12.6 Å². The van der Waals surface area contributed by atoms with Crippen molar-refractivity contribution >= 4 is 5.91 Å². The number of carbonyl (C=O) groups excluding carboxylic acids is 1. The second kappa shape index (κ2) is 3.40. The van der Waals surface area contributed by atoms with Crippen molar-refractivity contribution < 1.29 is 9.90 Å². The van der Waals surface area contributed by atoms with E-state index in [4.69, 9.17) is 11.5 Å². The molecule has 60 valence electrons. The van der Waals surface area contributed by atoms with Crippen LogP contribution in [0.4, 0.5) is 0 Å². The molecule has 1 atom stereocenters. The molecule has 1 N–H and O–H groups in total. The Labute approximate surface area is 66.0 Å². The smallest absolute Gasteiger partial charge is 0.298 e. The van der Waals surface area contributed by atoms with E-state index in [-0.39, 0.29) is 18.6 Å². The fraction of sp³-hybridized carbons (Fsp3) is 0.625. The minimum absolute atomic E-state index is 0.0212. The van der Waals surface area contributed by atoms with Crippen LogP contribution in [0.3, 0.4) is 0 Å². The molecule has 0 aromatic heterocycles. The van der Waals surface area contributed by atoms with Gasteiger partial charge in [-0.25, -0.2) is 0 Å². The van der Waals surface area contributed by atoms with E-state index in [2.05, 4.69) is 0 Å². The van der Waals surface area contributed by atoms with Crippen LogP contribution >= 0.6 is 0 Å². The molecule has 1 saturated heterocycles. The molecule has 1 rings (SSSR count). The number of likely N-dealkylation sites (tertiary alicyclic amines) is 1. The Morgan fingerprint density at radius 1 is 1.82 bits per heavy atom. The van der Waals surface area contributed by atoms with Crippen LogP contribution < -0.4 is 0 Å². The third-order valence-corrected chi connectivity index (χ3v) is 1.97. The SMILES string of the molecule is C#CC(=O)N1CCC[C@@H]1CO. The van der Waals surface area contributed by atoms with Gasteiger partial charge in [-0.15, -0.1) is 6.42 Å². The summed E-state index contributed by atoms with van der Waals surface area (Å²) >= 11 is 0. The molecule has 1 amide bonds. The molecule has 1 aliphatic rings. The average molecular weight is 153 g/mol. The average Bonchev–Trinajstić information content (AvgIpc) is 2.50. The number of amides is 1. The number of rotatable bonds is 1. The van der Waals surface area contributed by atoms with Crippen LogP contribution in [-0.4, -0.2) is 35.1 Å². The number of carbonyl (C=O) groups is 1. The Kier molecular flexibility index (Phi) is 2.50. The highest BCUT2D eigenvalue weighted by Crippen LogP contribution is 2.15. The van der Waals surface area contributed by atoms with Crippen LogP contribution in [0.15, 0.2) is 0 Å². The summed E-state index contributed by atoms with van der Waals surface area (Å²) in [6.45, 7) is 0.710. The third kappa shape index (κ3) is 1.52. The summed E-state index contributed by atoms with van der Waals surface area (Å²) < 4.78 is 0. The molecule has 0 spiro atoms. The lowest BCUT2D eigenvalue weighted by Crippen LogP contribution is -2.36. The van der Waals surface area contributed by atoms with Gasteiger partial charge >= 0.3 is 0 Å². The molecule has 11 heavy (non-hydrogen) atoms. The van der Waals surface area contributed by atoms with Crippen LogP contribution in [0, 0.1) is 12.3 Å². The van der Waals surface area contributed by atoms with Crippen LogP contribution in [0.1, 0.15) is 12.8 Å². The minimum atomic E-state index is -0.304. The van der Waals surface area contributed by atoms with E-state index in [0.29, 0.717) is 6.54 Å². The van der Waals surface area contributed by atoms with Gasteiger partial charge in [0.2, 0.25) is 0 Å². The quantitative estimate of drug-likeness (QED) is 0.521. The molecule has 1 heterocycles. The van der Waals surface area contributed by atoms with Crippen molar-refractivity contribution in [3.63, 3.8) is 0 Å². The fourth-order valence-electron chi connectivity index (χ4n) is 1.38. The van der Waals surface area contributed by atoms with Crippen molar-refractivity contribution in [2.75, 3.05) is 13.2 Å². The van der Waals surface area contributed by atoms with Gasteiger partial charge in [-0.3, -0.25) is 4.79 Å². The first-order valence-corrected chi connectivity index (χ1v) is 3.67. The van der Waals surface area contributed by atoms with Crippen molar-refractivity contribution in [1.82, 2.24) is 4.90 Å². The van der Waals surface area contributed by atoms with Crippen LogP contribution in [0.2, 0.25) is 0 Å². The first-order chi connectivity index (χ1) is 5.29. The van der Waals surface area contributed by atoms with Crippen molar-refractivity contribution in [2.45, 2.75) is 18.9 Å². The maximum Gasteiger partial charge on any atom is 0.298 e. The van der Waals surface area contributed by atoms with Gasteiger partial charge in [0.15, 0.2) is 0 Å². The molecule has 0 saturated carbocycles. The number of aliphatic hydroxyl groups is 1. The van der Waals surface area contributed by atoms with Gasteiger partial charge < -0.3 is 10.0 Å². The van der Waals surface area contributed by atoms with Crippen molar-refractivity contribution in [3.05, 3.63) is 0 Å². The monoisotopic (exact) mass is 153 g/mol. The predicted octanol–water partition coefficient (Wildman–Crippen LogP) is -0.397. The minimum Gasteiger partial charge on any atom is -0.394 e. The number of aliphatic hydroxyl groups excluding tert-OH is 1. The van der Waals surface area contributed by atoms with E-state index in [1.54, 1.807) is 4.90 Å². The Morgan fingerprint density at radius 3 is 3.09 bits per heavy atom. The first-order valence-electron chi connectivity index (χ1n) is 3.67. The zero-order valence-electron chi connectivity index (χ0n) is 6.29. The van der Waals surface area contributed by atoms with Crippen LogP contribution in [0.25, 0.3) is 0 Å². The summed E-state index contributed by atoms with van der Waals surface area (Å²) in [7, 11) is 0. The molecular weight excluding hydrogens is 142 g/mol. The van der Waals surface area contributed by atoms with Gasteiger partial charge in [0, 0.05) is 6.54 Å². The highest BCUT2D eigenvalue weighted by Gasteiger charge is 2.26. The summed E-state index contributed by atoms with van der Waals surface area (Å²) in [6, 6.07) is -0.0430. The Hall–Kier alpha value is -1.01. The number of terminal acetylenes is 1. The molecule has 0 aromatic carbocycles. The number of hydrogen-bond donors (Lipinski definition) is 1. The maximum atomic E-state index is 11.0. The molecule has 0 bridgehead atoms. The predicted molar refractivity (Wildman–Crippen MR) is 40.7 cm³/mol. The topological polar surface area (TPSA) is 40.5 Å². The summed E-state index contributed by atoms with van der Waals surface area (Å²) in [6.07, 6.45) is 6.75. The standard InChI is InChI=1S/C8H11NO2/c1-2-8(11)9-5-3-4-7(9)6-10/h1,7,10H,3-6H2/t7-/m1/s1. The third-order valence-electron chi connectivity index (χ3n) is 1.97. The molecular formula is C8H11NO2.